The van der Waals surface area contributed by atoms with Gasteiger partial charge in [0.05, 0.1) is 18.6 Å². The van der Waals surface area contributed by atoms with Crippen molar-refractivity contribution in [1.29, 1.82) is 0 Å². The first kappa shape index (κ1) is 25.6. The first-order valence-electron chi connectivity index (χ1n) is 11.0. The number of nitrogens with zero attached hydrogens (tertiary/aromatic N) is 1. The number of carboxylic acids is 1. The number of hydrogen-bond donors (Lipinski definition) is 1. The number of hydrogen-bond acceptors (Lipinski definition) is 4. The fourth-order valence-corrected chi connectivity index (χ4v) is 4.65. The molecule has 6 nitrogen and oxygen atoms in total. The minimum atomic E-state index is -0.948. The van der Waals surface area contributed by atoms with Gasteiger partial charge in [-0.15, -0.1) is 0 Å². The van der Waals surface area contributed by atoms with Crippen LogP contribution >= 0.6 is 0 Å². The topological polar surface area (TPSA) is 83.9 Å². The lowest BCUT2D eigenvalue weighted by Crippen LogP contribution is -2.52. The van der Waals surface area contributed by atoms with E-state index >= 15 is 0 Å². The van der Waals surface area contributed by atoms with E-state index in [1.54, 1.807) is 11.9 Å². The van der Waals surface area contributed by atoms with E-state index in [-0.39, 0.29) is 47.8 Å². The quantitative estimate of drug-likeness (QED) is 0.521. The fourth-order valence-electron chi connectivity index (χ4n) is 4.65. The Morgan fingerprint density at radius 1 is 1.10 bits per heavy atom. The molecule has 4 atom stereocenters. The Morgan fingerprint density at radius 2 is 1.66 bits per heavy atom. The van der Waals surface area contributed by atoms with Crippen LogP contribution in [0.25, 0.3) is 0 Å². The molecular weight excluding hydrogens is 370 g/mol. The molecule has 0 saturated heterocycles. The van der Waals surface area contributed by atoms with Gasteiger partial charge in [0.15, 0.2) is 0 Å². The molecule has 1 fully saturated rings. The van der Waals surface area contributed by atoms with Gasteiger partial charge in [-0.25, -0.2) is 0 Å². The van der Waals surface area contributed by atoms with Gasteiger partial charge in [-0.05, 0) is 24.7 Å². The summed E-state index contributed by atoms with van der Waals surface area (Å²) in [4.78, 5) is 39.5. The Morgan fingerprint density at radius 3 is 2.07 bits per heavy atom. The van der Waals surface area contributed by atoms with Crippen LogP contribution in [0.3, 0.4) is 0 Å². The Bertz CT molecular complexity index is 568. The second-order valence-electron chi connectivity index (χ2n) is 9.44. The highest BCUT2D eigenvalue weighted by molar-refractivity contribution is 5.90. The second-order valence-corrected chi connectivity index (χ2v) is 9.44. The van der Waals surface area contributed by atoms with Crippen LogP contribution in [0.15, 0.2) is 0 Å². The van der Waals surface area contributed by atoms with Gasteiger partial charge in [-0.2, -0.15) is 0 Å². The monoisotopic (exact) mass is 411 g/mol. The number of carbonyl (C=O) groups is 3. The summed E-state index contributed by atoms with van der Waals surface area (Å²) in [6, 6.07) is -0.355. The Kier molecular flexibility index (Phi) is 9.80. The molecule has 1 rings (SSSR count). The van der Waals surface area contributed by atoms with Crippen LogP contribution in [0.5, 0.6) is 0 Å². The molecule has 1 amide bonds. The number of ketones is 1. The molecule has 0 aromatic carbocycles. The van der Waals surface area contributed by atoms with Gasteiger partial charge in [-0.1, -0.05) is 53.9 Å². The van der Waals surface area contributed by atoms with Crippen molar-refractivity contribution >= 4 is 17.7 Å². The summed E-state index contributed by atoms with van der Waals surface area (Å²) in [5.74, 6) is -1.16. The van der Waals surface area contributed by atoms with Crippen LogP contribution in [0.2, 0.25) is 0 Å². The van der Waals surface area contributed by atoms with Crippen molar-refractivity contribution in [3.8, 4) is 0 Å². The molecule has 0 bridgehead atoms. The van der Waals surface area contributed by atoms with E-state index in [1.165, 1.54) is 7.11 Å². The number of rotatable bonds is 12. The number of carboxylic acid groups (broad SMARTS) is 1. The van der Waals surface area contributed by atoms with Gasteiger partial charge in [0.25, 0.3) is 0 Å². The van der Waals surface area contributed by atoms with Crippen molar-refractivity contribution in [1.82, 2.24) is 4.90 Å². The number of aliphatic carboxylic acids is 1. The lowest BCUT2D eigenvalue weighted by atomic mass is 9.77. The number of amides is 1. The highest BCUT2D eigenvalue weighted by atomic mass is 16.5. The van der Waals surface area contributed by atoms with Gasteiger partial charge in [-0.3, -0.25) is 14.4 Å². The molecule has 1 aliphatic carbocycles. The van der Waals surface area contributed by atoms with Crippen molar-refractivity contribution in [2.75, 3.05) is 14.2 Å². The standard InChI is InChI=1S/C23H41NO5/c1-8-16(4)21(18(29-7)14-20(26)27)24(6)22(28)17(15(2)3)13-19(25)23(5)11-9-10-12-23/h15-18,21H,8-14H2,1-7H3,(H,26,27)/t16-,17-,18+,21-/m0/s1. The second kappa shape index (κ2) is 11.1. The van der Waals surface area contributed by atoms with Crippen molar-refractivity contribution in [3.63, 3.8) is 0 Å². The van der Waals surface area contributed by atoms with E-state index in [9.17, 15) is 19.5 Å². The van der Waals surface area contributed by atoms with Crippen molar-refractivity contribution in [2.24, 2.45) is 23.2 Å². The molecule has 0 aliphatic heterocycles. The summed E-state index contributed by atoms with van der Waals surface area (Å²) in [6.07, 6.45) is 4.25. The van der Waals surface area contributed by atoms with Gasteiger partial charge in [0.2, 0.25) is 5.91 Å². The predicted octanol–water partition coefficient (Wildman–Crippen LogP) is 4.16. The summed E-state index contributed by atoms with van der Waals surface area (Å²) < 4.78 is 5.49. The summed E-state index contributed by atoms with van der Waals surface area (Å²) in [6.45, 7) is 10.0. The van der Waals surface area contributed by atoms with E-state index < -0.39 is 18.0 Å². The molecule has 168 valence electrons. The molecule has 0 aromatic heterocycles. The first-order chi connectivity index (χ1) is 13.5. The number of likely N-dealkylation sites (N-methyl/N-ethyl adjacent to an activating group) is 1. The Balaban J connectivity index is 3.07. The van der Waals surface area contributed by atoms with E-state index in [2.05, 4.69) is 0 Å². The molecule has 1 saturated carbocycles. The maximum Gasteiger partial charge on any atom is 0.306 e. The van der Waals surface area contributed by atoms with Crippen molar-refractivity contribution < 1.29 is 24.2 Å². The summed E-state index contributed by atoms with van der Waals surface area (Å²) in [7, 11) is 3.22. The minimum Gasteiger partial charge on any atom is -0.481 e. The first-order valence-corrected chi connectivity index (χ1v) is 11.0. The number of carbonyl (C=O) groups excluding carboxylic acids is 2. The molecule has 0 spiro atoms. The molecule has 0 unspecified atom stereocenters. The van der Waals surface area contributed by atoms with E-state index in [0.29, 0.717) is 0 Å². The SMILES string of the molecule is CC[C@H](C)[C@@H]([C@@H](CC(=O)O)OC)N(C)C(=O)[C@@H](CC(=O)C1(C)CCCC1)C(C)C. The summed E-state index contributed by atoms with van der Waals surface area (Å²) in [5, 5.41) is 9.28. The largest absolute Gasteiger partial charge is 0.481 e. The number of ether oxygens (including phenoxy) is 1. The van der Waals surface area contributed by atoms with Crippen molar-refractivity contribution in [2.45, 2.75) is 91.7 Å². The average molecular weight is 412 g/mol. The molecule has 1 N–H and O–H groups in total. The van der Waals surface area contributed by atoms with Crippen molar-refractivity contribution in [3.05, 3.63) is 0 Å². The number of Topliss-reactive ketones (excluding diaryl/α,β-unsaturated/α-hetero) is 1. The maximum absolute atomic E-state index is 13.5. The Labute approximate surface area is 176 Å². The van der Waals surface area contributed by atoms with E-state index in [0.717, 1.165) is 32.1 Å². The molecular formula is C23H41NO5. The van der Waals surface area contributed by atoms with Crippen LogP contribution < -0.4 is 0 Å². The lowest BCUT2D eigenvalue weighted by Gasteiger charge is -2.39. The van der Waals surface area contributed by atoms with E-state index in [1.807, 2.05) is 34.6 Å². The molecule has 0 heterocycles. The van der Waals surface area contributed by atoms with Gasteiger partial charge >= 0.3 is 5.97 Å². The zero-order valence-corrected chi connectivity index (χ0v) is 19.4. The highest BCUT2D eigenvalue weighted by Crippen LogP contribution is 2.40. The Hall–Kier alpha value is -1.43. The third-order valence-corrected chi connectivity index (χ3v) is 6.99. The third-order valence-electron chi connectivity index (χ3n) is 6.99. The van der Waals surface area contributed by atoms with Crippen LogP contribution in [-0.2, 0) is 19.1 Å². The third kappa shape index (κ3) is 6.53. The maximum atomic E-state index is 13.5. The van der Waals surface area contributed by atoms with E-state index in [4.69, 9.17) is 4.74 Å². The van der Waals surface area contributed by atoms with Crippen LogP contribution in [0, 0.1) is 23.2 Å². The van der Waals surface area contributed by atoms with Crippen LogP contribution in [-0.4, -0.2) is 54.0 Å². The van der Waals surface area contributed by atoms with Gasteiger partial charge < -0.3 is 14.7 Å². The molecule has 29 heavy (non-hydrogen) atoms. The zero-order chi connectivity index (χ0) is 22.4. The molecule has 1 aliphatic rings. The van der Waals surface area contributed by atoms with Crippen LogP contribution in [0.4, 0.5) is 0 Å². The summed E-state index contributed by atoms with van der Waals surface area (Å²) in [5.41, 5.74) is -0.305. The highest BCUT2D eigenvalue weighted by Gasteiger charge is 2.41. The molecule has 0 radical (unpaired) electrons. The van der Waals surface area contributed by atoms with Gasteiger partial charge in [0, 0.05) is 31.9 Å². The predicted molar refractivity (Wildman–Crippen MR) is 114 cm³/mol. The lowest BCUT2D eigenvalue weighted by molar-refractivity contribution is -0.149. The van der Waals surface area contributed by atoms with Crippen LogP contribution in [0.1, 0.15) is 79.6 Å². The smallest absolute Gasteiger partial charge is 0.306 e. The summed E-state index contributed by atoms with van der Waals surface area (Å²) >= 11 is 0. The molecule has 0 aromatic rings. The fraction of sp³-hybridized carbons (Fsp3) is 0.870. The number of methoxy groups -OCH3 is 1. The normalized spacial score (nSPS) is 20.1. The zero-order valence-electron chi connectivity index (χ0n) is 19.4. The molecule has 6 heteroatoms. The average Bonchev–Trinajstić information content (AvgIpc) is 3.11. The van der Waals surface area contributed by atoms with Gasteiger partial charge in [0.1, 0.15) is 5.78 Å². The minimum absolute atomic E-state index is 0.0250.